The molecule has 1 heterocycles. The second-order valence-electron chi connectivity index (χ2n) is 3.89. The van der Waals surface area contributed by atoms with Crippen molar-refractivity contribution in [3.8, 4) is 5.75 Å². The summed E-state index contributed by atoms with van der Waals surface area (Å²) in [5.41, 5.74) is 1.20. The number of H-pyrrole nitrogens is 1. The number of aromatic nitrogens is 1. The standard InChI is InChI=1S/C14H13NO3/c1-18-12-5-2-10(3-6-12)8-13(16)11-4-7-14(17)15-9-11/h2-7,9H,8H2,1H3,(H,15,17). The first kappa shape index (κ1) is 12.1. The van der Waals surface area contributed by atoms with Gasteiger partial charge in [0.25, 0.3) is 0 Å². The lowest BCUT2D eigenvalue weighted by Crippen LogP contribution is -2.08. The number of carbonyl (C=O) groups excluding carboxylic acids is 1. The molecule has 1 aromatic carbocycles. The molecule has 0 bridgehead atoms. The summed E-state index contributed by atoms with van der Waals surface area (Å²) in [6.45, 7) is 0. The highest BCUT2D eigenvalue weighted by Crippen LogP contribution is 2.13. The fraction of sp³-hybridized carbons (Fsp3) is 0.143. The van der Waals surface area contributed by atoms with Crippen LogP contribution in [0.5, 0.6) is 5.75 Å². The first-order valence-corrected chi connectivity index (χ1v) is 5.54. The molecule has 2 rings (SSSR count). The van der Waals surface area contributed by atoms with Crippen molar-refractivity contribution >= 4 is 5.78 Å². The zero-order valence-corrected chi connectivity index (χ0v) is 9.97. The highest BCUT2D eigenvalue weighted by molar-refractivity contribution is 5.97. The first-order chi connectivity index (χ1) is 8.69. The van der Waals surface area contributed by atoms with E-state index in [1.807, 2.05) is 24.3 Å². The van der Waals surface area contributed by atoms with Crippen LogP contribution in [0.25, 0.3) is 0 Å². The maximum absolute atomic E-state index is 11.9. The van der Waals surface area contributed by atoms with Crippen LogP contribution in [0, 0.1) is 0 Å². The van der Waals surface area contributed by atoms with Crippen molar-refractivity contribution < 1.29 is 9.53 Å². The number of nitrogens with one attached hydrogen (secondary N) is 1. The quantitative estimate of drug-likeness (QED) is 0.833. The number of benzene rings is 1. The Bertz CT molecular complexity index is 579. The first-order valence-electron chi connectivity index (χ1n) is 5.54. The molecular weight excluding hydrogens is 230 g/mol. The number of carbonyl (C=O) groups is 1. The summed E-state index contributed by atoms with van der Waals surface area (Å²) in [5.74, 6) is 0.728. The Morgan fingerprint density at radius 1 is 1.17 bits per heavy atom. The summed E-state index contributed by atoms with van der Waals surface area (Å²) in [5, 5.41) is 0. The van der Waals surface area contributed by atoms with Gasteiger partial charge in [0.15, 0.2) is 5.78 Å². The molecule has 0 aliphatic heterocycles. The Balaban J connectivity index is 2.10. The van der Waals surface area contributed by atoms with Gasteiger partial charge in [0.2, 0.25) is 5.56 Å². The van der Waals surface area contributed by atoms with E-state index >= 15 is 0 Å². The van der Waals surface area contributed by atoms with E-state index in [1.165, 1.54) is 18.3 Å². The van der Waals surface area contributed by atoms with E-state index < -0.39 is 0 Å². The lowest BCUT2D eigenvalue weighted by molar-refractivity contribution is 0.0992. The molecule has 0 fully saturated rings. The number of rotatable bonds is 4. The van der Waals surface area contributed by atoms with E-state index in [9.17, 15) is 9.59 Å². The molecule has 0 atom stereocenters. The Hall–Kier alpha value is -2.36. The number of hydrogen-bond acceptors (Lipinski definition) is 3. The minimum absolute atomic E-state index is 0.0311. The molecule has 0 aliphatic carbocycles. The number of hydrogen-bond donors (Lipinski definition) is 1. The molecule has 0 saturated heterocycles. The second-order valence-corrected chi connectivity index (χ2v) is 3.89. The molecule has 2 aromatic rings. The summed E-state index contributed by atoms with van der Waals surface area (Å²) in [7, 11) is 1.60. The molecule has 0 aliphatic rings. The average Bonchev–Trinajstić information content (AvgIpc) is 2.40. The molecule has 92 valence electrons. The van der Waals surface area contributed by atoms with E-state index in [0.29, 0.717) is 12.0 Å². The van der Waals surface area contributed by atoms with Crippen molar-refractivity contribution in [2.24, 2.45) is 0 Å². The molecule has 4 heteroatoms. The van der Waals surface area contributed by atoms with Crippen LogP contribution in [0.3, 0.4) is 0 Å². The fourth-order valence-corrected chi connectivity index (χ4v) is 1.61. The molecule has 0 saturated carbocycles. The van der Waals surface area contributed by atoms with Crippen LogP contribution < -0.4 is 10.3 Å². The van der Waals surface area contributed by atoms with Crippen LogP contribution in [0.4, 0.5) is 0 Å². The maximum Gasteiger partial charge on any atom is 0.247 e. The monoisotopic (exact) mass is 243 g/mol. The predicted molar refractivity (Wildman–Crippen MR) is 68.1 cm³/mol. The van der Waals surface area contributed by atoms with Gasteiger partial charge in [-0.1, -0.05) is 12.1 Å². The number of pyridine rings is 1. The van der Waals surface area contributed by atoms with E-state index in [-0.39, 0.29) is 11.3 Å². The van der Waals surface area contributed by atoms with Gasteiger partial charge in [-0.3, -0.25) is 9.59 Å². The van der Waals surface area contributed by atoms with Crippen molar-refractivity contribution in [3.05, 3.63) is 64.1 Å². The third-order valence-corrected chi connectivity index (χ3v) is 2.63. The molecule has 0 spiro atoms. The van der Waals surface area contributed by atoms with E-state index in [2.05, 4.69) is 4.98 Å². The molecule has 1 aromatic heterocycles. The van der Waals surface area contributed by atoms with Gasteiger partial charge >= 0.3 is 0 Å². The zero-order chi connectivity index (χ0) is 13.0. The van der Waals surface area contributed by atoms with Crippen molar-refractivity contribution in [2.45, 2.75) is 6.42 Å². The average molecular weight is 243 g/mol. The Morgan fingerprint density at radius 3 is 2.44 bits per heavy atom. The van der Waals surface area contributed by atoms with Gasteiger partial charge < -0.3 is 9.72 Å². The number of methoxy groups -OCH3 is 1. The number of ketones is 1. The lowest BCUT2D eigenvalue weighted by Gasteiger charge is -2.03. The summed E-state index contributed by atoms with van der Waals surface area (Å²) >= 11 is 0. The van der Waals surface area contributed by atoms with Crippen LogP contribution in [0.15, 0.2) is 47.4 Å². The molecule has 18 heavy (non-hydrogen) atoms. The third kappa shape index (κ3) is 2.85. The minimum Gasteiger partial charge on any atom is -0.497 e. The van der Waals surface area contributed by atoms with Crippen molar-refractivity contribution in [1.82, 2.24) is 4.98 Å². The van der Waals surface area contributed by atoms with Gasteiger partial charge in [0.05, 0.1) is 7.11 Å². The van der Waals surface area contributed by atoms with Gasteiger partial charge in [-0.15, -0.1) is 0 Å². The predicted octanol–water partition coefficient (Wildman–Crippen LogP) is 1.81. The highest BCUT2D eigenvalue weighted by atomic mass is 16.5. The SMILES string of the molecule is COc1ccc(CC(=O)c2ccc(=O)[nH]c2)cc1. The fourth-order valence-electron chi connectivity index (χ4n) is 1.61. The van der Waals surface area contributed by atoms with Gasteiger partial charge in [-0.05, 0) is 23.8 Å². The highest BCUT2D eigenvalue weighted by Gasteiger charge is 2.07. The van der Waals surface area contributed by atoms with Crippen molar-refractivity contribution in [2.75, 3.05) is 7.11 Å². The topological polar surface area (TPSA) is 59.2 Å². The van der Waals surface area contributed by atoms with Crippen molar-refractivity contribution in [1.29, 1.82) is 0 Å². The molecule has 4 nitrogen and oxygen atoms in total. The summed E-state index contributed by atoms with van der Waals surface area (Å²) < 4.78 is 5.05. The Morgan fingerprint density at radius 2 is 1.89 bits per heavy atom. The van der Waals surface area contributed by atoms with E-state index in [1.54, 1.807) is 7.11 Å². The summed E-state index contributed by atoms with van der Waals surface area (Å²) in [6.07, 6.45) is 1.74. The summed E-state index contributed by atoms with van der Waals surface area (Å²) in [4.78, 5) is 25.3. The van der Waals surface area contributed by atoms with E-state index in [4.69, 9.17) is 4.74 Å². The van der Waals surface area contributed by atoms with Gasteiger partial charge in [-0.2, -0.15) is 0 Å². The van der Waals surface area contributed by atoms with E-state index in [0.717, 1.165) is 11.3 Å². The van der Waals surface area contributed by atoms with Crippen LogP contribution in [-0.2, 0) is 6.42 Å². The molecule has 0 amide bonds. The lowest BCUT2D eigenvalue weighted by atomic mass is 10.0. The second kappa shape index (κ2) is 5.31. The van der Waals surface area contributed by atoms with Crippen LogP contribution in [0.2, 0.25) is 0 Å². The smallest absolute Gasteiger partial charge is 0.247 e. The summed E-state index contributed by atoms with van der Waals surface area (Å²) in [6, 6.07) is 10.2. The largest absolute Gasteiger partial charge is 0.497 e. The maximum atomic E-state index is 11.9. The molecule has 0 radical (unpaired) electrons. The minimum atomic E-state index is -0.212. The van der Waals surface area contributed by atoms with Crippen LogP contribution >= 0.6 is 0 Å². The van der Waals surface area contributed by atoms with Crippen LogP contribution in [-0.4, -0.2) is 17.9 Å². The Labute approximate surface area is 104 Å². The van der Waals surface area contributed by atoms with Gasteiger partial charge in [-0.25, -0.2) is 0 Å². The molecule has 1 N–H and O–H groups in total. The van der Waals surface area contributed by atoms with Gasteiger partial charge in [0, 0.05) is 24.2 Å². The third-order valence-electron chi connectivity index (χ3n) is 2.63. The molecule has 0 unspecified atom stereocenters. The number of aromatic amines is 1. The number of Topliss-reactive ketones (excluding diaryl/α,β-unsaturated/α-hetero) is 1. The van der Waals surface area contributed by atoms with Crippen LogP contribution in [0.1, 0.15) is 15.9 Å². The zero-order valence-electron chi connectivity index (χ0n) is 9.97. The van der Waals surface area contributed by atoms with Crippen molar-refractivity contribution in [3.63, 3.8) is 0 Å². The van der Waals surface area contributed by atoms with Gasteiger partial charge in [0.1, 0.15) is 5.75 Å². The molecular formula is C14H13NO3. The normalized spacial score (nSPS) is 10.1. The number of ether oxygens (including phenoxy) is 1. The Kier molecular flexibility index (Phi) is 3.57.